The average molecular weight is 704 g/mol. The van der Waals surface area contributed by atoms with Crippen molar-refractivity contribution in [2.45, 2.75) is 91.1 Å². The first-order valence-electron chi connectivity index (χ1n) is 17.0. The zero-order chi connectivity index (χ0) is 37.9. The minimum absolute atomic E-state index is 0.0325. The van der Waals surface area contributed by atoms with Crippen molar-refractivity contribution in [2.75, 3.05) is 14.2 Å². The van der Waals surface area contributed by atoms with E-state index >= 15 is 0 Å². The number of benzene rings is 2. The molecule has 0 aliphatic heterocycles. The number of hydrogen-bond acceptors (Lipinski definition) is 7. The number of aromatic nitrogens is 1. The fourth-order valence-corrected chi connectivity index (χ4v) is 6.12. The topological polar surface area (TPSA) is 170 Å². The van der Waals surface area contributed by atoms with Crippen LogP contribution in [0.15, 0.2) is 79.1 Å². The molecule has 12 heteroatoms. The monoisotopic (exact) mass is 703 g/mol. The van der Waals surface area contributed by atoms with Crippen molar-refractivity contribution < 1.29 is 34.1 Å². The van der Waals surface area contributed by atoms with E-state index in [0.29, 0.717) is 6.42 Å². The third kappa shape index (κ3) is 12.1. The van der Waals surface area contributed by atoms with Crippen molar-refractivity contribution in [1.29, 1.82) is 0 Å². The number of aliphatic hydroxyl groups is 1. The van der Waals surface area contributed by atoms with E-state index in [0.717, 1.165) is 27.2 Å². The molecule has 0 fully saturated rings. The molecule has 0 bridgehead atoms. The van der Waals surface area contributed by atoms with Crippen LogP contribution in [0, 0.1) is 10.8 Å². The highest BCUT2D eigenvalue weighted by Crippen LogP contribution is 2.26. The largest absolute Gasteiger partial charge is 0.465 e. The molecule has 0 saturated heterocycles. The zero-order valence-corrected chi connectivity index (χ0v) is 30.8. The molecule has 51 heavy (non-hydrogen) atoms. The van der Waals surface area contributed by atoms with Gasteiger partial charge >= 0.3 is 12.2 Å². The number of carboxylic acid groups (broad SMARTS) is 1. The number of rotatable bonds is 14. The number of nitrogens with zero attached hydrogens (tertiary/aromatic N) is 2. The third-order valence-electron chi connectivity index (χ3n) is 8.75. The Balaban J connectivity index is 1.97. The second-order valence-electron chi connectivity index (χ2n) is 15.0. The molecule has 0 saturated carbocycles. The van der Waals surface area contributed by atoms with Crippen LogP contribution in [0.1, 0.15) is 59.1 Å². The summed E-state index contributed by atoms with van der Waals surface area (Å²) in [5.74, 6) is -1.01. The highest BCUT2D eigenvalue weighted by molar-refractivity contribution is 5.87. The van der Waals surface area contributed by atoms with Gasteiger partial charge in [-0.1, -0.05) is 96.1 Å². The van der Waals surface area contributed by atoms with Gasteiger partial charge in [-0.2, -0.15) is 0 Å². The maximum absolute atomic E-state index is 13.9. The Kier molecular flexibility index (Phi) is 14.1. The highest BCUT2D eigenvalue weighted by atomic mass is 16.5. The van der Waals surface area contributed by atoms with E-state index in [-0.39, 0.29) is 12.8 Å². The second kappa shape index (κ2) is 17.8. The van der Waals surface area contributed by atoms with E-state index in [4.69, 9.17) is 4.74 Å². The fourth-order valence-electron chi connectivity index (χ4n) is 6.12. The number of alkyl carbamates (subject to hydrolysis) is 1. The van der Waals surface area contributed by atoms with Crippen LogP contribution in [0.4, 0.5) is 9.59 Å². The predicted molar refractivity (Wildman–Crippen MR) is 196 cm³/mol. The minimum atomic E-state index is -1.26. The molecule has 12 nitrogen and oxygen atoms in total. The van der Waals surface area contributed by atoms with Gasteiger partial charge < -0.3 is 30.9 Å². The van der Waals surface area contributed by atoms with E-state index in [2.05, 4.69) is 20.9 Å². The van der Waals surface area contributed by atoms with Gasteiger partial charge in [-0.15, -0.1) is 0 Å². The van der Waals surface area contributed by atoms with Gasteiger partial charge in [0.15, 0.2) is 0 Å². The highest BCUT2D eigenvalue weighted by Gasteiger charge is 2.40. The van der Waals surface area contributed by atoms with Crippen molar-refractivity contribution in [2.24, 2.45) is 10.8 Å². The second-order valence-corrected chi connectivity index (χ2v) is 15.0. The van der Waals surface area contributed by atoms with Gasteiger partial charge in [0.1, 0.15) is 12.1 Å². The molecule has 3 rings (SSSR count). The number of pyridine rings is 1. The van der Waals surface area contributed by atoms with Crippen molar-refractivity contribution in [3.63, 3.8) is 0 Å². The Hall–Kier alpha value is -4.97. The van der Waals surface area contributed by atoms with Crippen molar-refractivity contribution in [3.05, 3.63) is 90.3 Å². The van der Waals surface area contributed by atoms with Crippen LogP contribution in [0.25, 0.3) is 11.1 Å². The lowest BCUT2D eigenvalue weighted by atomic mass is 9.84. The predicted octanol–water partition coefficient (Wildman–Crippen LogP) is 5.05. The average Bonchev–Trinajstić information content (AvgIpc) is 3.06. The van der Waals surface area contributed by atoms with Gasteiger partial charge in [0.25, 0.3) is 0 Å². The summed E-state index contributed by atoms with van der Waals surface area (Å²) in [7, 11) is 2.57. The quantitative estimate of drug-likeness (QED) is 0.155. The van der Waals surface area contributed by atoms with Gasteiger partial charge in [0, 0.05) is 25.5 Å². The zero-order valence-electron chi connectivity index (χ0n) is 30.8. The smallest absolute Gasteiger partial charge is 0.407 e. The molecule has 0 aliphatic carbocycles. The summed E-state index contributed by atoms with van der Waals surface area (Å²) in [5, 5.41) is 30.4. The molecule has 3 aromatic rings. The molecule has 5 N–H and O–H groups in total. The standard InChI is InChI=1S/C39H53N5O7/c1-38(2,3)32(43-36(48)51-8)34(46)41-29(22-25-12-10-9-11-13-25)24-31(45)30(42-35(47)33(39(4,5)6)44(7)37(49)50)23-26-14-16-27(17-15-26)28-18-20-40-21-19-28/h9-21,29-33,45H,22-24H2,1-8H3,(H,41,46)(H,42,47)(H,43,48)(H,49,50)/t29-,30-,31-,32+,33+/m0/s1. The van der Waals surface area contributed by atoms with Crippen LogP contribution >= 0.6 is 0 Å². The van der Waals surface area contributed by atoms with Gasteiger partial charge in [0.05, 0.1) is 19.3 Å². The third-order valence-corrected chi connectivity index (χ3v) is 8.75. The van der Waals surface area contributed by atoms with Crippen molar-refractivity contribution >= 4 is 24.0 Å². The summed E-state index contributed by atoms with van der Waals surface area (Å²) in [6.07, 6.45) is 0.848. The Morgan fingerprint density at radius 3 is 1.86 bits per heavy atom. The number of ether oxygens (including phenoxy) is 1. The summed E-state index contributed by atoms with van der Waals surface area (Å²) < 4.78 is 4.77. The first-order chi connectivity index (χ1) is 23.9. The number of carbonyl (C=O) groups is 4. The Morgan fingerprint density at radius 2 is 1.33 bits per heavy atom. The Bertz CT molecular complexity index is 1590. The minimum Gasteiger partial charge on any atom is -0.465 e. The number of aliphatic hydroxyl groups excluding tert-OH is 1. The van der Waals surface area contributed by atoms with E-state index in [1.165, 1.54) is 14.2 Å². The lowest BCUT2D eigenvalue weighted by Gasteiger charge is -2.37. The Labute approximate surface area is 301 Å². The summed E-state index contributed by atoms with van der Waals surface area (Å²) >= 11 is 0. The van der Waals surface area contributed by atoms with E-state index in [1.807, 2.05) is 87.5 Å². The van der Waals surface area contributed by atoms with Crippen molar-refractivity contribution in [3.8, 4) is 11.1 Å². The maximum atomic E-state index is 13.9. The van der Waals surface area contributed by atoms with E-state index in [1.54, 1.807) is 33.2 Å². The van der Waals surface area contributed by atoms with Gasteiger partial charge in [-0.25, -0.2) is 9.59 Å². The molecule has 1 aromatic heterocycles. The maximum Gasteiger partial charge on any atom is 0.407 e. The molecule has 0 aliphatic rings. The number of likely N-dealkylation sites (N-methyl/N-ethyl adjacent to an activating group) is 1. The van der Waals surface area contributed by atoms with Crippen LogP contribution < -0.4 is 16.0 Å². The molecule has 0 unspecified atom stereocenters. The van der Waals surface area contributed by atoms with Gasteiger partial charge in [-0.05, 0) is 64.5 Å². The fraction of sp³-hybridized carbons (Fsp3) is 0.462. The van der Waals surface area contributed by atoms with Crippen LogP contribution in [-0.4, -0.2) is 88.5 Å². The molecule has 0 radical (unpaired) electrons. The first-order valence-corrected chi connectivity index (χ1v) is 17.0. The van der Waals surface area contributed by atoms with Crippen LogP contribution in [0.2, 0.25) is 0 Å². The summed E-state index contributed by atoms with van der Waals surface area (Å²) in [6, 6.07) is 17.5. The summed E-state index contributed by atoms with van der Waals surface area (Å²) in [4.78, 5) is 56.9. The Morgan fingerprint density at radius 1 is 0.765 bits per heavy atom. The number of hydrogen-bond donors (Lipinski definition) is 5. The van der Waals surface area contributed by atoms with Gasteiger partial charge in [-0.3, -0.25) is 19.5 Å². The lowest BCUT2D eigenvalue weighted by Crippen LogP contribution is -2.59. The molecule has 0 spiro atoms. The van der Waals surface area contributed by atoms with E-state index in [9.17, 15) is 29.4 Å². The molecular weight excluding hydrogens is 650 g/mol. The number of nitrogens with one attached hydrogen (secondary N) is 3. The van der Waals surface area contributed by atoms with Crippen LogP contribution in [0.5, 0.6) is 0 Å². The molecule has 4 amide bonds. The summed E-state index contributed by atoms with van der Waals surface area (Å²) in [5.41, 5.74) is 2.25. The molecule has 2 aromatic carbocycles. The lowest BCUT2D eigenvalue weighted by molar-refractivity contribution is -0.131. The molecule has 1 heterocycles. The molecular formula is C39H53N5O7. The van der Waals surface area contributed by atoms with Crippen molar-refractivity contribution in [1.82, 2.24) is 25.8 Å². The van der Waals surface area contributed by atoms with E-state index < -0.39 is 65.1 Å². The molecule has 276 valence electrons. The van der Waals surface area contributed by atoms with Crippen LogP contribution in [0.3, 0.4) is 0 Å². The first kappa shape index (κ1) is 40.5. The number of methoxy groups -OCH3 is 1. The summed E-state index contributed by atoms with van der Waals surface area (Å²) in [6.45, 7) is 10.8. The van der Waals surface area contributed by atoms with Gasteiger partial charge in [0.2, 0.25) is 11.8 Å². The number of amides is 4. The normalized spacial score (nSPS) is 14.6. The number of carbonyl (C=O) groups excluding carboxylic acids is 3. The van der Waals surface area contributed by atoms with Crippen LogP contribution in [-0.2, 0) is 27.2 Å². The molecule has 5 atom stereocenters. The SMILES string of the molecule is COC(=O)N[C@H](C(=O)N[C@@H](Cc1ccccc1)C[C@H](O)[C@H](Cc1ccc(-c2ccncc2)cc1)NC(=O)[C@@H](N(C)C(=O)O)C(C)(C)C)C(C)(C)C.